The Kier molecular flexibility index (Phi) is 5.55. The fourth-order valence-electron chi connectivity index (χ4n) is 4.79. The van der Waals surface area contributed by atoms with E-state index in [1.54, 1.807) is 24.5 Å². The SMILES string of the molecule is C=C1CN(c2nc(N3CCN(c4ccc(O)cc4)CC3)nc3c2ncn3-c2ccncc2)CCN1C. The number of nitrogens with zero attached hydrogens (tertiary/aromatic N) is 9. The summed E-state index contributed by atoms with van der Waals surface area (Å²) in [6, 6.07) is 11.3. The number of rotatable bonds is 4. The molecule has 3 aromatic heterocycles. The van der Waals surface area contributed by atoms with Crippen molar-refractivity contribution in [3.8, 4) is 11.4 Å². The summed E-state index contributed by atoms with van der Waals surface area (Å²) in [6.07, 6.45) is 5.37. The van der Waals surface area contributed by atoms with Crippen LogP contribution in [0.2, 0.25) is 0 Å². The highest BCUT2D eigenvalue weighted by atomic mass is 16.3. The van der Waals surface area contributed by atoms with E-state index < -0.39 is 0 Å². The molecule has 0 bridgehead atoms. The number of phenolic OH excluding ortho intramolecular Hbond substituents is 1. The summed E-state index contributed by atoms with van der Waals surface area (Å²) in [7, 11) is 2.08. The van der Waals surface area contributed by atoms with Gasteiger partial charge in [-0.3, -0.25) is 9.55 Å². The normalized spacial score (nSPS) is 16.8. The number of hydrogen-bond donors (Lipinski definition) is 1. The first-order chi connectivity index (χ1) is 17.6. The lowest BCUT2D eigenvalue weighted by Crippen LogP contribution is -2.47. The number of anilines is 3. The number of likely N-dealkylation sites (N-methyl/N-ethyl adjacent to an activating group) is 1. The average molecular weight is 484 g/mol. The maximum Gasteiger partial charge on any atom is 0.229 e. The molecule has 1 aromatic carbocycles. The van der Waals surface area contributed by atoms with Crippen LogP contribution in [0.5, 0.6) is 5.75 Å². The molecule has 2 aliphatic rings. The summed E-state index contributed by atoms with van der Waals surface area (Å²) in [6.45, 7) is 9.95. The minimum absolute atomic E-state index is 0.281. The topological polar surface area (TPSA) is 89.7 Å². The van der Waals surface area contributed by atoms with Crippen LogP contribution in [0, 0.1) is 0 Å². The van der Waals surface area contributed by atoms with Crippen LogP contribution >= 0.6 is 0 Å². The molecular weight excluding hydrogens is 454 g/mol. The van der Waals surface area contributed by atoms with Gasteiger partial charge < -0.3 is 24.7 Å². The molecule has 0 saturated carbocycles. The lowest BCUT2D eigenvalue weighted by molar-refractivity contribution is 0.382. The van der Waals surface area contributed by atoms with Gasteiger partial charge in [0.15, 0.2) is 17.0 Å². The number of piperazine rings is 2. The predicted octanol–water partition coefficient (Wildman–Crippen LogP) is 2.51. The minimum Gasteiger partial charge on any atom is -0.508 e. The zero-order valence-electron chi connectivity index (χ0n) is 20.3. The van der Waals surface area contributed by atoms with Crippen molar-refractivity contribution in [1.29, 1.82) is 0 Å². The van der Waals surface area contributed by atoms with Crippen molar-refractivity contribution in [2.75, 3.05) is 67.6 Å². The third-order valence-corrected chi connectivity index (χ3v) is 7.00. The van der Waals surface area contributed by atoms with Crippen LogP contribution in [-0.4, -0.2) is 87.4 Å². The molecule has 5 heterocycles. The van der Waals surface area contributed by atoms with Crippen molar-refractivity contribution in [3.63, 3.8) is 0 Å². The lowest BCUT2D eigenvalue weighted by atomic mass is 10.2. The van der Waals surface area contributed by atoms with Gasteiger partial charge in [0.1, 0.15) is 12.1 Å². The Morgan fingerprint density at radius 3 is 2.22 bits per heavy atom. The van der Waals surface area contributed by atoms with Gasteiger partial charge in [-0.2, -0.15) is 9.97 Å². The van der Waals surface area contributed by atoms with Gasteiger partial charge in [0, 0.05) is 70.1 Å². The first kappa shape index (κ1) is 22.1. The van der Waals surface area contributed by atoms with Gasteiger partial charge in [-0.05, 0) is 36.4 Å². The zero-order chi connectivity index (χ0) is 24.6. The van der Waals surface area contributed by atoms with E-state index in [0.717, 1.165) is 73.3 Å². The van der Waals surface area contributed by atoms with Crippen LogP contribution in [0.25, 0.3) is 16.9 Å². The third-order valence-electron chi connectivity index (χ3n) is 7.00. The first-order valence-corrected chi connectivity index (χ1v) is 12.1. The number of fused-ring (bicyclic) bond motifs is 1. The monoisotopic (exact) mass is 483 g/mol. The molecular formula is C26H29N9O. The number of aromatic hydroxyl groups is 1. The maximum atomic E-state index is 9.62. The van der Waals surface area contributed by atoms with Crippen molar-refractivity contribution < 1.29 is 5.11 Å². The Morgan fingerprint density at radius 1 is 0.806 bits per heavy atom. The van der Waals surface area contributed by atoms with E-state index >= 15 is 0 Å². The minimum atomic E-state index is 0.281. The molecule has 10 nitrogen and oxygen atoms in total. The second kappa shape index (κ2) is 9.03. The largest absolute Gasteiger partial charge is 0.508 e. The lowest BCUT2D eigenvalue weighted by Gasteiger charge is -2.38. The van der Waals surface area contributed by atoms with Crippen LogP contribution in [0.1, 0.15) is 0 Å². The Hall–Kier alpha value is -4.34. The van der Waals surface area contributed by atoms with Gasteiger partial charge in [-0.25, -0.2) is 4.98 Å². The highest BCUT2D eigenvalue weighted by Gasteiger charge is 2.26. The van der Waals surface area contributed by atoms with Crippen LogP contribution < -0.4 is 14.7 Å². The van der Waals surface area contributed by atoms with E-state index in [1.807, 2.05) is 35.2 Å². The quantitative estimate of drug-likeness (QED) is 0.470. The fourth-order valence-corrected chi connectivity index (χ4v) is 4.79. The van der Waals surface area contributed by atoms with E-state index in [-0.39, 0.29) is 5.75 Å². The summed E-state index contributed by atoms with van der Waals surface area (Å²) in [5.74, 6) is 1.84. The molecule has 0 unspecified atom stereocenters. The van der Waals surface area contributed by atoms with E-state index in [1.165, 1.54) is 0 Å². The van der Waals surface area contributed by atoms with Gasteiger partial charge in [0.2, 0.25) is 5.95 Å². The number of phenols is 1. The first-order valence-electron chi connectivity index (χ1n) is 12.1. The predicted molar refractivity (Wildman–Crippen MR) is 141 cm³/mol. The average Bonchev–Trinajstić information content (AvgIpc) is 3.35. The van der Waals surface area contributed by atoms with Crippen LogP contribution in [0.15, 0.2) is 67.4 Å². The number of pyridine rings is 1. The van der Waals surface area contributed by atoms with Crippen molar-refractivity contribution in [2.24, 2.45) is 0 Å². The maximum absolute atomic E-state index is 9.62. The van der Waals surface area contributed by atoms with Crippen LogP contribution in [0.3, 0.4) is 0 Å². The van der Waals surface area contributed by atoms with Gasteiger partial charge in [0.25, 0.3) is 0 Å². The second-order valence-electron chi connectivity index (χ2n) is 9.24. The summed E-state index contributed by atoms with van der Waals surface area (Å²) in [5, 5.41) is 9.62. The molecule has 0 amide bonds. The van der Waals surface area contributed by atoms with E-state index in [4.69, 9.17) is 15.0 Å². The summed E-state index contributed by atoms with van der Waals surface area (Å²) in [5.41, 5.74) is 4.70. The van der Waals surface area contributed by atoms with E-state index in [9.17, 15) is 5.11 Å². The smallest absolute Gasteiger partial charge is 0.229 e. The molecule has 6 rings (SSSR count). The van der Waals surface area contributed by atoms with Gasteiger partial charge in [-0.15, -0.1) is 0 Å². The standard InChI is InChI=1S/C26H29N9O/c1-19-17-34(12-11-31(19)2)24-23-25(35(18-28-23)21-7-9-27-10-8-21)30-26(29-24)33-15-13-32(14-16-33)20-3-5-22(36)6-4-20/h3-10,18,36H,1,11-17H2,2H3. The van der Waals surface area contributed by atoms with E-state index in [0.29, 0.717) is 12.5 Å². The Bertz CT molecular complexity index is 1380. The number of hydrogen-bond acceptors (Lipinski definition) is 9. The molecule has 0 aliphatic carbocycles. The Morgan fingerprint density at radius 2 is 1.50 bits per heavy atom. The Balaban J connectivity index is 1.35. The molecule has 2 aliphatic heterocycles. The van der Waals surface area contributed by atoms with Crippen LogP contribution in [-0.2, 0) is 0 Å². The molecule has 184 valence electrons. The van der Waals surface area contributed by atoms with Crippen molar-refractivity contribution >= 4 is 28.6 Å². The summed E-state index contributed by atoms with van der Waals surface area (Å²) < 4.78 is 2.00. The van der Waals surface area contributed by atoms with Crippen molar-refractivity contribution in [2.45, 2.75) is 0 Å². The molecule has 0 spiro atoms. The second-order valence-corrected chi connectivity index (χ2v) is 9.24. The molecule has 2 fully saturated rings. The highest BCUT2D eigenvalue weighted by molar-refractivity contribution is 5.86. The van der Waals surface area contributed by atoms with Gasteiger partial charge in [-0.1, -0.05) is 6.58 Å². The molecule has 2 saturated heterocycles. The molecule has 0 atom stereocenters. The molecule has 0 radical (unpaired) electrons. The molecule has 36 heavy (non-hydrogen) atoms. The molecule has 10 heteroatoms. The van der Waals surface area contributed by atoms with Gasteiger partial charge in [0.05, 0.1) is 12.2 Å². The third kappa shape index (κ3) is 4.04. The number of aromatic nitrogens is 5. The summed E-state index contributed by atoms with van der Waals surface area (Å²) in [4.78, 5) is 28.0. The number of benzene rings is 1. The van der Waals surface area contributed by atoms with E-state index in [2.05, 4.69) is 38.2 Å². The molecule has 1 N–H and O–H groups in total. The van der Waals surface area contributed by atoms with Crippen molar-refractivity contribution in [3.05, 3.63) is 67.4 Å². The molecule has 4 aromatic rings. The zero-order valence-corrected chi connectivity index (χ0v) is 20.3. The van der Waals surface area contributed by atoms with Gasteiger partial charge >= 0.3 is 0 Å². The number of imidazole rings is 1. The van der Waals surface area contributed by atoms with Crippen LogP contribution in [0.4, 0.5) is 17.5 Å². The fraction of sp³-hybridized carbons (Fsp3) is 0.308. The van der Waals surface area contributed by atoms with Crippen molar-refractivity contribution in [1.82, 2.24) is 29.4 Å². The summed E-state index contributed by atoms with van der Waals surface area (Å²) >= 11 is 0. The highest BCUT2D eigenvalue weighted by Crippen LogP contribution is 2.30. The Labute approximate surface area is 209 Å².